The number of benzene rings is 1. The van der Waals surface area contributed by atoms with Gasteiger partial charge in [0.05, 0.1) is 12.7 Å². The van der Waals surface area contributed by atoms with Gasteiger partial charge in [0.2, 0.25) is 0 Å². The summed E-state index contributed by atoms with van der Waals surface area (Å²) < 4.78 is 4.82. The summed E-state index contributed by atoms with van der Waals surface area (Å²) in [5.74, 6) is -0.475. The highest BCUT2D eigenvalue weighted by atomic mass is 35.5. The van der Waals surface area contributed by atoms with Crippen LogP contribution in [-0.4, -0.2) is 29.7 Å². The molecule has 0 amide bonds. The van der Waals surface area contributed by atoms with Crippen LogP contribution in [0.2, 0.25) is 0 Å². The third-order valence-corrected chi connectivity index (χ3v) is 3.05. The van der Waals surface area contributed by atoms with Gasteiger partial charge in [0.25, 0.3) is 0 Å². The van der Waals surface area contributed by atoms with Crippen LogP contribution < -0.4 is 0 Å². The second-order valence-corrected chi connectivity index (χ2v) is 4.50. The Hall–Kier alpha value is -1.32. The fraction of sp³-hybridized carbons (Fsp3) is 0.400. The van der Waals surface area contributed by atoms with Gasteiger partial charge in [0.15, 0.2) is 0 Å². The number of hydrogen-bond acceptors (Lipinski definition) is 3. The van der Waals surface area contributed by atoms with E-state index in [1.807, 2.05) is 30.3 Å². The molecule has 0 saturated heterocycles. The average Bonchev–Trinajstić information content (AvgIpc) is 2.44. The van der Waals surface area contributed by atoms with Crippen molar-refractivity contribution in [3.05, 3.63) is 48.0 Å². The van der Waals surface area contributed by atoms with E-state index >= 15 is 0 Å². The molecule has 3 nitrogen and oxygen atoms in total. The Morgan fingerprint density at radius 2 is 2.11 bits per heavy atom. The SMILES string of the molecule is CCOC(=O)/C=C/[C@@H](Cc1ccccc1)[C@@H](O)CCl. The lowest BCUT2D eigenvalue weighted by Gasteiger charge is -2.17. The number of carbonyl (C=O) groups excluding carboxylic acids is 1. The zero-order chi connectivity index (χ0) is 14.1. The van der Waals surface area contributed by atoms with Gasteiger partial charge >= 0.3 is 5.97 Å². The predicted octanol–water partition coefficient (Wildman–Crippen LogP) is 2.56. The molecule has 1 aromatic rings. The van der Waals surface area contributed by atoms with Gasteiger partial charge in [-0.1, -0.05) is 36.4 Å². The second kappa shape index (κ2) is 8.73. The minimum atomic E-state index is -0.687. The fourth-order valence-corrected chi connectivity index (χ4v) is 1.95. The van der Waals surface area contributed by atoms with Crippen molar-refractivity contribution >= 4 is 17.6 Å². The van der Waals surface area contributed by atoms with Crippen molar-refractivity contribution in [2.45, 2.75) is 19.4 Å². The van der Waals surface area contributed by atoms with E-state index < -0.39 is 12.1 Å². The molecule has 0 fully saturated rings. The number of carbonyl (C=O) groups is 1. The molecule has 4 heteroatoms. The summed E-state index contributed by atoms with van der Waals surface area (Å²) >= 11 is 5.69. The van der Waals surface area contributed by atoms with E-state index in [1.54, 1.807) is 13.0 Å². The lowest BCUT2D eigenvalue weighted by molar-refractivity contribution is -0.137. The minimum Gasteiger partial charge on any atom is -0.463 e. The molecule has 0 aliphatic heterocycles. The van der Waals surface area contributed by atoms with Crippen LogP contribution in [0.4, 0.5) is 0 Å². The van der Waals surface area contributed by atoms with Crippen LogP contribution in [-0.2, 0) is 16.0 Å². The molecule has 1 N–H and O–H groups in total. The van der Waals surface area contributed by atoms with E-state index in [2.05, 4.69) is 0 Å². The largest absolute Gasteiger partial charge is 0.463 e. The number of esters is 1. The van der Waals surface area contributed by atoms with E-state index in [0.29, 0.717) is 13.0 Å². The first-order chi connectivity index (χ1) is 9.17. The summed E-state index contributed by atoms with van der Waals surface area (Å²) in [5, 5.41) is 9.89. The third kappa shape index (κ3) is 5.90. The van der Waals surface area contributed by atoms with E-state index in [4.69, 9.17) is 16.3 Å². The molecule has 0 radical (unpaired) electrons. The highest BCUT2D eigenvalue weighted by Gasteiger charge is 2.16. The van der Waals surface area contributed by atoms with Crippen LogP contribution in [0.1, 0.15) is 12.5 Å². The first kappa shape index (κ1) is 15.7. The normalized spacial score (nSPS) is 14.3. The Balaban J connectivity index is 2.70. The summed E-state index contributed by atoms with van der Waals surface area (Å²) in [7, 11) is 0. The Morgan fingerprint density at radius 3 is 2.68 bits per heavy atom. The maximum Gasteiger partial charge on any atom is 0.330 e. The molecule has 0 spiro atoms. The number of aliphatic hydroxyl groups excluding tert-OH is 1. The van der Waals surface area contributed by atoms with Crippen molar-refractivity contribution < 1.29 is 14.6 Å². The second-order valence-electron chi connectivity index (χ2n) is 4.19. The zero-order valence-corrected chi connectivity index (χ0v) is 11.7. The van der Waals surface area contributed by atoms with Gasteiger partial charge in [-0.2, -0.15) is 0 Å². The molecule has 19 heavy (non-hydrogen) atoms. The number of alkyl halides is 1. The molecule has 1 aromatic carbocycles. The highest BCUT2D eigenvalue weighted by Crippen LogP contribution is 2.15. The quantitative estimate of drug-likeness (QED) is 0.475. The van der Waals surface area contributed by atoms with Crippen LogP contribution >= 0.6 is 11.6 Å². The van der Waals surface area contributed by atoms with Crippen molar-refractivity contribution in [2.24, 2.45) is 5.92 Å². The molecule has 0 heterocycles. The van der Waals surface area contributed by atoms with Gasteiger partial charge in [-0.15, -0.1) is 11.6 Å². The van der Waals surface area contributed by atoms with Crippen LogP contribution in [0.5, 0.6) is 0 Å². The first-order valence-corrected chi connectivity index (χ1v) is 6.83. The van der Waals surface area contributed by atoms with Gasteiger partial charge < -0.3 is 9.84 Å². The molecule has 0 aliphatic carbocycles. The van der Waals surface area contributed by atoms with E-state index in [0.717, 1.165) is 5.56 Å². The van der Waals surface area contributed by atoms with Crippen molar-refractivity contribution in [3.8, 4) is 0 Å². The lowest BCUT2D eigenvalue weighted by atomic mass is 9.94. The van der Waals surface area contributed by atoms with Crippen LogP contribution in [0.3, 0.4) is 0 Å². The van der Waals surface area contributed by atoms with Gasteiger partial charge in [-0.25, -0.2) is 4.79 Å². The first-order valence-electron chi connectivity index (χ1n) is 6.30. The van der Waals surface area contributed by atoms with Gasteiger partial charge in [0.1, 0.15) is 0 Å². The molecule has 1 rings (SSSR count). The highest BCUT2D eigenvalue weighted by molar-refractivity contribution is 6.18. The monoisotopic (exact) mass is 282 g/mol. The number of rotatable bonds is 7. The predicted molar refractivity (Wildman–Crippen MR) is 76.1 cm³/mol. The molecule has 0 aromatic heterocycles. The Morgan fingerprint density at radius 1 is 1.42 bits per heavy atom. The van der Waals surface area contributed by atoms with Crippen LogP contribution in [0, 0.1) is 5.92 Å². The smallest absolute Gasteiger partial charge is 0.330 e. The molecular formula is C15H19ClO3. The Kier molecular flexibility index (Phi) is 7.23. The van der Waals surface area contributed by atoms with Gasteiger partial charge in [-0.05, 0) is 18.9 Å². The summed E-state index contributed by atoms with van der Waals surface area (Å²) in [4.78, 5) is 11.3. The van der Waals surface area contributed by atoms with Crippen LogP contribution in [0.15, 0.2) is 42.5 Å². The molecule has 0 aliphatic rings. The fourth-order valence-electron chi connectivity index (χ4n) is 1.73. The Labute approximate surface area is 118 Å². The standard InChI is InChI=1S/C15H19ClO3/c1-2-19-15(18)9-8-13(14(17)11-16)10-12-6-4-3-5-7-12/h3-9,13-14,17H,2,10-11H2,1H3/b9-8+/t13-,14-/m0/s1. The molecule has 0 saturated carbocycles. The van der Waals surface area contributed by atoms with Crippen molar-refractivity contribution in [1.82, 2.24) is 0 Å². The summed E-state index contributed by atoms with van der Waals surface area (Å²) in [5.41, 5.74) is 1.09. The van der Waals surface area contributed by atoms with Crippen molar-refractivity contribution in [3.63, 3.8) is 0 Å². The minimum absolute atomic E-state index is 0.130. The number of ether oxygens (including phenoxy) is 1. The van der Waals surface area contributed by atoms with Crippen molar-refractivity contribution in [1.29, 1.82) is 0 Å². The maximum atomic E-state index is 11.3. The maximum absolute atomic E-state index is 11.3. The summed E-state index contributed by atoms with van der Waals surface area (Å²) in [6.45, 7) is 2.09. The third-order valence-electron chi connectivity index (χ3n) is 2.73. The topological polar surface area (TPSA) is 46.5 Å². The van der Waals surface area contributed by atoms with Gasteiger partial charge in [-0.3, -0.25) is 0 Å². The van der Waals surface area contributed by atoms with Gasteiger partial charge in [0, 0.05) is 17.9 Å². The molecular weight excluding hydrogens is 264 g/mol. The number of halogens is 1. The van der Waals surface area contributed by atoms with Crippen molar-refractivity contribution in [2.75, 3.05) is 12.5 Å². The summed E-state index contributed by atoms with van der Waals surface area (Å²) in [6, 6.07) is 9.77. The molecule has 104 valence electrons. The lowest BCUT2D eigenvalue weighted by Crippen LogP contribution is -2.22. The van der Waals surface area contributed by atoms with E-state index in [-0.39, 0.29) is 11.8 Å². The summed E-state index contributed by atoms with van der Waals surface area (Å²) in [6.07, 6.45) is 2.96. The molecule has 0 bridgehead atoms. The van der Waals surface area contributed by atoms with E-state index in [9.17, 15) is 9.90 Å². The van der Waals surface area contributed by atoms with E-state index in [1.165, 1.54) is 6.08 Å². The molecule has 2 atom stereocenters. The average molecular weight is 283 g/mol. The van der Waals surface area contributed by atoms with Crippen LogP contribution in [0.25, 0.3) is 0 Å². The number of aliphatic hydroxyl groups is 1. The molecule has 0 unspecified atom stereocenters. The number of hydrogen-bond donors (Lipinski definition) is 1. The zero-order valence-electron chi connectivity index (χ0n) is 11.0. The Bertz CT molecular complexity index is 403.